The Labute approximate surface area is 93.7 Å². The summed E-state index contributed by atoms with van der Waals surface area (Å²) in [6, 6.07) is 0. The second-order valence-corrected chi connectivity index (χ2v) is 5.84. The van der Waals surface area contributed by atoms with Crippen LogP contribution in [0, 0.1) is 11.8 Å². The highest BCUT2D eigenvalue weighted by atomic mass is 32.2. The van der Waals surface area contributed by atoms with Crippen LogP contribution in [0.1, 0.15) is 12.8 Å². The normalized spacial score (nSPS) is 36.2. The Kier molecular flexibility index (Phi) is 4.63. The van der Waals surface area contributed by atoms with Crippen LogP contribution in [0.3, 0.4) is 0 Å². The molecule has 4 atom stereocenters. The van der Waals surface area contributed by atoms with Crippen molar-refractivity contribution in [1.29, 1.82) is 0 Å². The van der Waals surface area contributed by atoms with Gasteiger partial charge in [-0.15, -0.1) is 0 Å². The second-order valence-electron chi connectivity index (χ2n) is 4.19. The topological polar surface area (TPSA) is 63.6 Å². The van der Waals surface area contributed by atoms with Crippen molar-refractivity contribution in [2.45, 2.75) is 25.2 Å². The predicted octanol–water partition coefficient (Wildman–Crippen LogP) is 0.657. The van der Waals surface area contributed by atoms with E-state index in [1.807, 2.05) is 0 Å². The van der Waals surface area contributed by atoms with E-state index in [0.29, 0.717) is 0 Å². The van der Waals surface area contributed by atoms with Crippen molar-refractivity contribution in [3.63, 3.8) is 0 Å². The molecule has 0 heterocycles. The molecule has 0 aromatic heterocycles. The van der Waals surface area contributed by atoms with Crippen LogP contribution >= 0.6 is 0 Å². The summed E-state index contributed by atoms with van der Waals surface area (Å²) < 4.78 is 52.2. The van der Waals surface area contributed by atoms with E-state index in [2.05, 4.69) is 4.18 Å². The molecule has 0 radical (unpaired) electrons. The van der Waals surface area contributed by atoms with Crippen molar-refractivity contribution in [1.82, 2.24) is 0 Å². The maximum atomic E-state index is 13.1. The van der Waals surface area contributed by atoms with E-state index < -0.39 is 34.3 Å². The second kappa shape index (κ2) is 5.37. The highest BCUT2D eigenvalue weighted by Crippen LogP contribution is 2.34. The largest absolute Gasteiger partial charge is 0.396 e. The zero-order valence-corrected chi connectivity index (χ0v) is 9.79. The summed E-state index contributed by atoms with van der Waals surface area (Å²) in [7, 11) is -3.58. The maximum Gasteiger partial charge on any atom is 0.264 e. The third-order valence-corrected chi connectivity index (χ3v) is 3.41. The molecular formula is C9H16F2O4S. The van der Waals surface area contributed by atoms with Gasteiger partial charge in [-0.25, -0.2) is 8.78 Å². The molecular weight excluding hydrogens is 242 g/mol. The van der Waals surface area contributed by atoms with Gasteiger partial charge in [-0.05, 0) is 24.7 Å². The van der Waals surface area contributed by atoms with Gasteiger partial charge in [0.2, 0.25) is 0 Å². The molecule has 0 spiro atoms. The van der Waals surface area contributed by atoms with Gasteiger partial charge in [-0.3, -0.25) is 4.18 Å². The minimum Gasteiger partial charge on any atom is -0.396 e. The van der Waals surface area contributed by atoms with Crippen LogP contribution in [0.15, 0.2) is 0 Å². The molecule has 7 heteroatoms. The van der Waals surface area contributed by atoms with E-state index in [-0.39, 0.29) is 26.1 Å². The van der Waals surface area contributed by atoms with E-state index in [1.165, 1.54) is 0 Å². The number of hydrogen-bond acceptors (Lipinski definition) is 4. The van der Waals surface area contributed by atoms with Crippen LogP contribution in [0.2, 0.25) is 0 Å². The lowest BCUT2D eigenvalue weighted by Crippen LogP contribution is -2.38. The Morgan fingerprint density at radius 1 is 1.25 bits per heavy atom. The van der Waals surface area contributed by atoms with Crippen LogP contribution in [0.25, 0.3) is 0 Å². The monoisotopic (exact) mass is 258 g/mol. The fraction of sp³-hybridized carbons (Fsp3) is 1.00. The smallest absolute Gasteiger partial charge is 0.264 e. The van der Waals surface area contributed by atoms with Gasteiger partial charge in [0, 0.05) is 6.61 Å². The standard InChI is InChI=1S/C9H16F2O4S/c1-16(13,14)15-5-7-3-9(11)8(10)2-6(7)4-12/h6-9,12H,2-5H2,1H3. The van der Waals surface area contributed by atoms with Gasteiger partial charge < -0.3 is 5.11 Å². The highest BCUT2D eigenvalue weighted by Gasteiger charge is 2.37. The fourth-order valence-corrected chi connectivity index (χ4v) is 2.32. The lowest BCUT2D eigenvalue weighted by atomic mass is 9.78. The summed E-state index contributed by atoms with van der Waals surface area (Å²) >= 11 is 0. The first-order valence-corrected chi connectivity index (χ1v) is 6.88. The zero-order valence-electron chi connectivity index (χ0n) is 8.97. The average molecular weight is 258 g/mol. The average Bonchev–Trinajstić information content (AvgIpc) is 2.18. The van der Waals surface area contributed by atoms with Gasteiger partial charge in [0.25, 0.3) is 10.1 Å². The number of aliphatic hydroxyl groups is 1. The molecule has 1 aliphatic carbocycles. The van der Waals surface area contributed by atoms with Gasteiger partial charge in [-0.1, -0.05) is 0 Å². The molecule has 1 aliphatic rings. The molecule has 1 saturated carbocycles. The first-order valence-electron chi connectivity index (χ1n) is 5.07. The summed E-state index contributed by atoms with van der Waals surface area (Å²) in [6.45, 7) is -0.484. The molecule has 0 amide bonds. The first kappa shape index (κ1) is 13.8. The Hall–Kier alpha value is -0.270. The summed E-state index contributed by atoms with van der Waals surface area (Å²) in [5, 5.41) is 9.00. The Balaban J connectivity index is 2.56. The molecule has 0 bridgehead atoms. The van der Waals surface area contributed by atoms with Gasteiger partial charge in [0.05, 0.1) is 12.9 Å². The zero-order chi connectivity index (χ0) is 12.3. The quantitative estimate of drug-likeness (QED) is 0.752. The molecule has 1 N–H and O–H groups in total. The third-order valence-electron chi connectivity index (χ3n) is 2.85. The first-order chi connectivity index (χ1) is 7.33. The third kappa shape index (κ3) is 3.95. The molecule has 1 rings (SSSR count). The number of halogens is 2. The number of alkyl halides is 2. The minimum absolute atomic E-state index is 0.0878. The van der Waals surface area contributed by atoms with Crippen molar-refractivity contribution >= 4 is 10.1 Å². The fourth-order valence-electron chi connectivity index (χ4n) is 1.90. The Morgan fingerprint density at radius 3 is 2.19 bits per heavy atom. The molecule has 16 heavy (non-hydrogen) atoms. The number of rotatable bonds is 4. The highest BCUT2D eigenvalue weighted by molar-refractivity contribution is 7.85. The molecule has 4 nitrogen and oxygen atoms in total. The van der Waals surface area contributed by atoms with E-state index >= 15 is 0 Å². The summed E-state index contributed by atoms with van der Waals surface area (Å²) in [5.74, 6) is -0.898. The minimum atomic E-state index is -3.58. The molecule has 4 unspecified atom stereocenters. The Bertz CT molecular complexity index is 319. The van der Waals surface area contributed by atoms with Crippen LogP contribution in [-0.4, -0.2) is 45.3 Å². The van der Waals surface area contributed by atoms with Crippen molar-refractivity contribution < 1.29 is 26.5 Å². The lowest BCUT2D eigenvalue weighted by Gasteiger charge is -2.33. The Morgan fingerprint density at radius 2 is 1.75 bits per heavy atom. The molecule has 0 aromatic rings. The van der Waals surface area contributed by atoms with Crippen LogP contribution in [0.4, 0.5) is 8.78 Å². The summed E-state index contributed by atoms with van der Waals surface area (Å²) in [6.07, 6.45) is -2.48. The number of hydrogen-bond donors (Lipinski definition) is 1. The van der Waals surface area contributed by atoms with Crippen molar-refractivity contribution in [2.75, 3.05) is 19.5 Å². The van der Waals surface area contributed by atoms with Gasteiger partial charge in [0.15, 0.2) is 0 Å². The molecule has 0 aromatic carbocycles. The molecule has 0 saturated heterocycles. The van der Waals surface area contributed by atoms with Crippen molar-refractivity contribution in [2.24, 2.45) is 11.8 Å². The van der Waals surface area contributed by atoms with Gasteiger partial charge >= 0.3 is 0 Å². The number of aliphatic hydroxyl groups excluding tert-OH is 1. The summed E-state index contributed by atoms with van der Waals surface area (Å²) in [5.41, 5.74) is 0. The molecule has 0 aliphatic heterocycles. The van der Waals surface area contributed by atoms with E-state index in [9.17, 15) is 17.2 Å². The van der Waals surface area contributed by atoms with Gasteiger partial charge in [0.1, 0.15) is 12.3 Å². The molecule has 96 valence electrons. The van der Waals surface area contributed by atoms with Gasteiger partial charge in [-0.2, -0.15) is 8.42 Å². The van der Waals surface area contributed by atoms with Crippen LogP contribution in [-0.2, 0) is 14.3 Å². The SMILES string of the molecule is CS(=O)(=O)OCC1CC(F)C(F)CC1CO. The van der Waals surface area contributed by atoms with Crippen molar-refractivity contribution in [3.8, 4) is 0 Å². The van der Waals surface area contributed by atoms with Crippen LogP contribution in [0.5, 0.6) is 0 Å². The van der Waals surface area contributed by atoms with E-state index in [4.69, 9.17) is 5.11 Å². The van der Waals surface area contributed by atoms with Crippen LogP contribution < -0.4 is 0 Å². The van der Waals surface area contributed by atoms with E-state index in [0.717, 1.165) is 6.26 Å². The van der Waals surface area contributed by atoms with Crippen molar-refractivity contribution in [3.05, 3.63) is 0 Å². The lowest BCUT2D eigenvalue weighted by molar-refractivity contribution is 0.00917. The maximum absolute atomic E-state index is 13.1. The predicted molar refractivity (Wildman–Crippen MR) is 53.9 cm³/mol. The summed E-state index contributed by atoms with van der Waals surface area (Å²) in [4.78, 5) is 0. The van der Waals surface area contributed by atoms with E-state index in [1.54, 1.807) is 0 Å². The molecule has 1 fully saturated rings.